The quantitative estimate of drug-likeness (QED) is 0.862. The first-order valence-electron chi connectivity index (χ1n) is 6.00. The van der Waals surface area contributed by atoms with E-state index in [9.17, 15) is 0 Å². The van der Waals surface area contributed by atoms with E-state index in [4.69, 9.17) is 15.2 Å². The Kier molecular flexibility index (Phi) is 2.99. The van der Waals surface area contributed by atoms with Crippen LogP contribution in [0, 0.1) is 0 Å². The number of hydrogen-bond donors (Lipinski definition) is 1. The van der Waals surface area contributed by atoms with Gasteiger partial charge in [-0.15, -0.1) is 0 Å². The van der Waals surface area contributed by atoms with Gasteiger partial charge in [-0.2, -0.15) is 0 Å². The molecule has 1 aliphatic carbocycles. The van der Waals surface area contributed by atoms with Crippen molar-refractivity contribution in [3.63, 3.8) is 0 Å². The van der Waals surface area contributed by atoms with Crippen molar-refractivity contribution in [1.82, 2.24) is 0 Å². The van der Waals surface area contributed by atoms with Gasteiger partial charge in [-0.25, -0.2) is 0 Å². The minimum atomic E-state index is -0.412. The van der Waals surface area contributed by atoms with Gasteiger partial charge in [-0.05, 0) is 29.7 Å². The Labute approximate surface area is 109 Å². The Balaban J connectivity index is 1.83. The van der Waals surface area contributed by atoms with E-state index in [1.165, 1.54) is 11.1 Å². The molecule has 1 spiro atoms. The standard InChI is InChI=1S/C13H16BrNO2/c14-11-2-1-10-6-13(4-3-9(10)5-11)16-8-12(7-15)17-13/h1-2,5,12H,3-4,6-8,15H2. The number of rotatable bonds is 1. The number of hydrogen-bond acceptors (Lipinski definition) is 3. The molecule has 0 amide bonds. The number of aryl methyl sites for hydroxylation is 1. The minimum absolute atomic E-state index is 0.0620. The van der Waals surface area contributed by atoms with Crippen molar-refractivity contribution in [3.05, 3.63) is 33.8 Å². The van der Waals surface area contributed by atoms with Gasteiger partial charge in [0.05, 0.1) is 12.7 Å². The highest BCUT2D eigenvalue weighted by Gasteiger charge is 2.43. The molecule has 2 aliphatic rings. The van der Waals surface area contributed by atoms with Crippen LogP contribution in [0.25, 0.3) is 0 Å². The van der Waals surface area contributed by atoms with Crippen LogP contribution in [0.3, 0.4) is 0 Å². The molecule has 0 radical (unpaired) electrons. The van der Waals surface area contributed by atoms with Crippen LogP contribution in [0.15, 0.2) is 22.7 Å². The van der Waals surface area contributed by atoms with E-state index in [0.717, 1.165) is 23.7 Å². The summed E-state index contributed by atoms with van der Waals surface area (Å²) in [5, 5.41) is 0. The van der Waals surface area contributed by atoms with Gasteiger partial charge in [0.15, 0.2) is 5.79 Å². The maximum atomic E-state index is 5.97. The number of benzene rings is 1. The van der Waals surface area contributed by atoms with E-state index < -0.39 is 5.79 Å². The van der Waals surface area contributed by atoms with Crippen molar-refractivity contribution in [2.75, 3.05) is 13.2 Å². The normalized spacial score (nSPS) is 31.8. The van der Waals surface area contributed by atoms with E-state index in [2.05, 4.69) is 34.1 Å². The third-order valence-corrected chi connectivity index (χ3v) is 4.07. The fourth-order valence-electron chi connectivity index (χ4n) is 2.66. The molecule has 3 nitrogen and oxygen atoms in total. The van der Waals surface area contributed by atoms with Gasteiger partial charge in [0.25, 0.3) is 0 Å². The summed E-state index contributed by atoms with van der Waals surface area (Å²) >= 11 is 3.51. The second-order valence-corrected chi connectivity index (χ2v) is 5.70. The molecule has 1 aromatic carbocycles. The Bertz CT molecular complexity index is 437. The smallest absolute Gasteiger partial charge is 0.173 e. The van der Waals surface area contributed by atoms with Gasteiger partial charge < -0.3 is 15.2 Å². The summed E-state index contributed by atoms with van der Waals surface area (Å²) in [6.45, 7) is 1.16. The number of nitrogens with two attached hydrogens (primary N) is 1. The summed E-state index contributed by atoms with van der Waals surface area (Å²) in [5.74, 6) is -0.412. The molecule has 2 unspecified atom stereocenters. The third kappa shape index (κ3) is 2.15. The molecule has 0 saturated carbocycles. The van der Waals surface area contributed by atoms with Crippen LogP contribution >= 0.6 is 15.9 Å². The zero-order valence-electron chi connectivity index (χ0n) is 9.62. The Hall–Kier alpha value is -0.420. The van der Waals surface area contributed by atoms with E-state index in [-0.39, 0.29) is 6.10 Å². The first-order valence-corrected chi connectivity index (χ1v) is 6.79. The maximum Gasteiger partial charge on any atom is 0.173 e. The maximum absolute atomic E-state index is 5.97. The molecule has 1 fully saturated rings. The molecule has 92 valence electrons. The van der Waals surface area contributed by atoms with Crippen LogP contribution in [0.1, 0.15) is 17.5 Å². The Morgan fingerprint density at radius 2 is 2.29 bits per heavy atom. The molecule has 3 rings (SSSR count). The van der Waals surface area contributed by atoms with E-state index >= 15 is 0 Å². The molecule has 17 heavy (non-hydrogen) atoms. The summed E-state index contributed by atoms with van der Waals surface area (Å²) in [5.41, 5.74) is 8.35. The van der Waals surface area contributed by atoms with Crippen molar-refractivity contribution in [1.29, 1.82) is 0 Å². The fourth-order valence-corrected chi connectivity index (χ4v) is 3.07. The van der Waals surface area contributed by atoms with Gasteiger partial charge in [0.2, 0.25) is 0 Å². The van der Waals surface area contributed by atoms with E-state index in [1.807, 2.05) is 0 Å². The van der Waals surface area contributed by atoms with Crippen molar-refractivity contribution in [2.24, 2.45) is 5.73 Å². The highest BCUT2D eigenvalue weighted by atomic mass is 79.9. The van der Waals surface area contributed by atoms with E-state index in [1.54, 1.807) is 0 Å². The Morgan fingerprint density at radius 1 is 1.41 bits per heavy atom. The molecular weight excluding hydrogens is 282 g/mol. The van der Waals surface area contributed by atoms with Gasteiger partial charge in [-0.3, -0.25) is 0 Å². The van der Waals surface area contributed by atoms with Crippen molar-refractivity contribution >= 4 is 15.9 Å². The van der Waals surface area contributed by atoms with Crippen molar-refractivity contribution in [2.45, 2.75) is 31.2 Å². The first kappa shape index (κ1) is 11.7. The fraction of sp³-hybridized carbons (Fsp3) is 0.538. The van der Waals surface area contributed by atoms with Crippen molar-refractivity contribution < 1.29 is 9.47 Å². The summed E-state index contributed by atoms with van der Waals surface area (Å²) in [6.07, 6.45) is 2.83. The topological polar surface area (TPSA) is 44.5 Å². The lowest BCUT2D eigenvalue weighted by molar-refractivity contribution is -0.173. The van der Waals surface area contributed by atoms with Gasteiger partial charge >= 0.3 is 0 Å². The molecular formula is C13H16BrNO2. The van der Waals surface area contributed by atoms with Gasteiger partial charge in [-0.1, -0.05) is 22.0 Å². The van der Waals surface area contributed by atoms with Crippen LogP contribution in [0.4, 0.5) is 0 Å². The second kappa shape index (κ2) is 4.35. The summed E-state index contributed by atoms with van der Waals surface area (Å²) in [4.78, 5) is 0. The van der Waals surface area contributed by atoms with Gasteiger partial charge in [0, 0.05) is 23.9 Å². The molecule has 1 saturated heterocycles. The van der Waals surface area contributed by atoms with Crippen LogP contribution in [0.5, 0.6) is 0 Å². The van der Waals surface area contributed by atoms with Crippen LogP contribution in [-0.4, -0.2) is 25.0 Å². The highest BCUT2D eigenvalue weighted by molar-refractivity contribution is 9.10. The monoisotopic (exact) mass is 297 g/mol. The number of fused-ring (bicyclic) bond motifs is 1. The molecule has 1 heterocycles. The lowest BCUT2D eigenvalue weighted by atomic mass is 9.87. The van der Waals surface area contributed by atoms with Crippen LogP contribution in [0.2, 0.25) is 0 Å². The molecule has 1 aliphatic heterocycles. The summed E-state index contributed by atoms with van der Waals surface area (Å²) < 4.78 is 13.0. The molecule has 2 N–H and O–H groups in total. The van der Waals surface area contributed by atoms with Crippen molar-refractivity contribution in [3.8, 4) is 0 Å². The SMILES string of the molecule is NCC1COC2(CCc3cc(Br)ccc3C2)O1. The molecule has 4 heteroatoms. The van der Waals surface area contributed by atoms with E-state index in [0.29, 0.717) is 13.2 Å². The van der Waals surface area contributed by atoms with Crippen LogP contribution < -0.4 is 5.73 Å². The molecule has 1 aromatic rings. The third-order valence-electron chi connectivity index (χ3n) is 3.58. The second-order valence-electron chi connectivity index (χ2n) is 4.79. The predicted molar refractivity (Wildman–Crippen MR) is 68.8 cm³/mol. The largest absolute Gasteiger partial charge is 0.347 e. The zero-order valence-corrected chi connectivity index (χ0v) is 11.2. The summed E-state index contributed by atoms with van der Waals surface area (Å²) in [7, 11) is 0. The number of ether oxygens (including phenoxy) is 2. The zero-order chi connectivity index (χ0) is 11.9. The molecule has 0 bridgehead atoms. The summed E-state index contributed by atoms with van der Waals surface area (Å²) in [6, 6.07) is 6.42. The van der Waals surface area contributed by atoms with Crippen LogP contribution in [-0.2, 0) is 22.3 Å². The molecule has 2 atom stereocenters. The first-order chi connectivity index (χ1) is 8.21. The Morgan fingerprint density at radius 3 is 3.06 bits per heavy atom. The molecule has 0 aromatic heterocycles. The average Bonchev–Trinajstić information content (AvgIpc) is 2.73. The lowest BCUT2D eigenvalue weighted by Crippen LogP contribution is -2.38. The average molecular weight is 298 g/mol. The highest BCUT2D eigenvalue weighted by Crippen LogP contribution is 2.37. The lowest BCUT2D eigenvalue weighted by Gasteiger charge is -2.33. The minimum Gasteiger partial charge on any atom is -0.347 e. The number of halogens is 1. The predicted octanol–water partition coefficient (Wildman–Crippen LogP) is 2.01. The van der Waals surface area contributed by atoms with Gasteiger partial charge in [0.1, 0.15) is 0 Å².